The first-order chi connectivity index (χ1) is 10.7. The molecule has 4 aliphatic rings. The van der Waals surface area contributed by atoms with Gasteiger partial charge in [-0.25, -0.2) is 0 Å². The van der Waals surface area contributed by atoms with Crippen molar-refractivity contribution in [2.45, 2.75) is 9.17 Å². The predicted octanol–water partition coefficient (Wildman–Crippen LogP) is 3.22. The largest absolute Gasteiger partial charge is 0.469 e. The fourth-order valence-corrected chi connectivity index (χ4v) is 6.44. The molecule has 4 rings (SSSR count). The summed E-state index contributed by atoms with van der Waals surface area (Å²) in [5, 5.41) is -0.365. The van der Waals surface area contributed by atoms with Crippen molar-refractivity contribution in [2.75, 3.05) is 14.2 Å². The van der Waals surface area contributed by atoms with Crippen LogP contribution < -0.4 is 0 Å². The Morgan fingerprint density at radius 3 is 1.74 bits per heavy atom. The molecule has 2 bridgehead atoms. The van der Waals surface area contributed by atoms with Crippen LogP contribution >= 0.6 is 46.4 Å². The summed E-state index contributed by atoms with van der Waals surface area (Å²) < 4.78 is 8.30. The number of allylic oxidation sites excluding steroid dienone is 2. The molecule has 0 radical (unpaired) electrons. The molecule has 2 fully saturated rings. The summed E-state index contributed by atoms with van der Waals surface area (Å²) in [7, 11) is 2.61. The molecule has 0 aromatic heterocycles. The van der Waals surface area contributed by atoms with Crippen molar-refractivity contribution in [1.82, 2.24) is 0 Å². The molecule has 0 unspecified atom stereocenters. The quantitative estimate of drug-likeness (QED) is 0.405. The van der Waals surface area contributed by atoms with Gasteiger partial charge in [0.15, 0.2) is 3.79 Å². The molecule has 4 aliphatic carbocycles. The van der Waals surface area contributed by atoms with Crippen molar-refractivity contribution in [3.8, 4) is 0 Å². The fourth-order valence-electron chi connectivity index (χ4n) is 4.71. The minimum absolute atomic E-state index is 0.0164. The van der Waals surface area contributed by atoms with Gasteiger partial charge in [0.05, 0.1) is 26.1 Å². The molecule has 128 valence electrons. The number of carbonyl (C=O) groups is 2. The third-order valence-electron chi connectivity index (χ3n) is 5.56. The van der Waals surface area contributed by atoms with E-state index in [1.54, 1.807) is 0 Å². The maximum atomic E-state index is 12.3. The zero-order valence-corrected chi connectivity index (χ0v) is 15.4. The average Bonchev–Trinajstić information content (AvgIpc) is 2.49. The maximum absolute atomic E-state index is 12.3. The maximum Gasteiger partial charge on any atom is 0.310 e. The molecule has 0 aromatic carbocycles. The van der Waals surface area contributed by atoms with Crippen LogP contribution in [-0.2, 0) is 19.1 Å². The smallest absolute Gasteiger partial charge is 0.310 e. The molecule has 0 heterocycles. The highest BCUT2D eigenvalue weighted by molar-refractivity contribution is 6.68. The zero-order valence-electron chi connectivity index (χ0n) is 12.4. The Morgan fingerprint density at radius 1 is 0.913 bits per heavy atom. The van der Waals surface area contributed by atoms with Crippen molar-refractivity contribution in [3.63, 3.8) is 0 Å². The molecule has 4 nitrogen and oxygen atoms in total. The van der Waals surface area contributed by atoms with Gasteiger partial charge in [-0.05, 0) is 23.7 Å². The Morgan fingerprint density at radius 2 is 1.35 bits per heavy atom. The van der Waals surface area contributed by atoms with Gasteiger partial charge in [-0.3, -0.25) is 9.59 Å². The van der Waals surface area contributed by atoms with Crippen LogP contribution in [0, 0.1) is 41.4 Å². The van der Waals surface area contributed by atoms with Crippen molar-refractivity contribution >= 4 is 58.3 Å². The van der Waals surface area contributed by atoms with E-state index in [0.717, 1.165) is 0 Å². The molecule has 0 amide bonds. The van der Waals surface area contributed by atoms with Gasteiger partial charge in [-0.15, -0.1) is 11.6 Å². The molecule has 0 saturated heterocycles. The van der Waals surface area contributed by atoms with E-state index in [0.29, 0.717) is 0 Å². The molecule has 0 N–H and O–H groups in total. The van der Waals surface area contributed by atoms with Gasteiger partial charge in [0.2, 0.25) is 0 Å². The first-order valence-corrected chi connectivity index (χ1v) is 8.85. The van der Waals surface area contributed by atoms with E-state index in [1.165, 1.54) is 14.2 Å². The molecule has 0 aromatic rings. The third kappa shape index (κ3) is 2.48. The van der Waals surface area contributed by atoms with E-state index < -0.39 is 27.6 Å². The molecule has 0 spiro atoms. The number of hydrogen-bond acceptors (Lipinski definition) is 4. The van der Waals surface area contributed by atoms with Crippen molar-refractivity contribution in [1.29, 1.82) is 0 Å². The van der Waals surface area contributed by atoms with E-state index in [9.17, 15) is 9.59 Å². The highest BCUT2D eigenvalue weighted by Crippen LogP contribution is 2.67. The Hall–Kier alpha value is -0.160. The zero-order chi connectivity index (χ0) is 17.1. The standard InChI is InChI=1S/C15H16Cl4O4/c1-22-13(20)9-5-3-4-6(10(9)14(21)23-2)8-7(5)11(12(8)16)15(17,18)19/h3-12H,1-2H3/t5-,6+,7-,8-,9+,10-,11+,12-/m1/s1. The summed E-state index contributed by atoms with van der Waals surface area (Å²) in [6, 6.07) is 0. The van der Waals surface area contributed by atoms with Gasteiger partial charge in [-0.2, -0.15) is 0 Å². The van der Waals surface area contributed by atoms with Crippen LogP contribution in [0.3, 0.4) is 0 Å². The number of rotatable bonds is 2. The molecule has 8 heteroatoms. The second-order valence-electron chi connectivity index (χ2n) is 6.30. The lowest BCUT2D eigenvalue weighted by Gasteiger charge is -2.64. The molecular weight excluding hydrogens is 386 g/mol. The van der Waals surface area contributed by atoms with Crippen LogP contribution in [0.5, 0.6) is 0 Å². The van der Waals surface area contributed by atoms with Gasteiger partial charge >= 0.3 is 11.9 Å². The molecular formula is C15H16Cl4O4. The van der Waals surface area contributed by atoms with Crippen LogP contribution in [0.2, 0.25) is 0 Å². The van der Waals surface area contributed by atoms with Gasteiger partial charge in [-0.1, -0.05) is 47.0 Å². The number of methoxy groups -OCH3 is 2. The van der Waals surface area contributed by atoms with Crippen molar-refractivity contribution in [2.24, 2.45) is 41.4 Å². The second-order valence-corrected chi connectivity index (χ2v) is 9.18. The number of hydrogen-bond donors (Lipinski definition) is 0. The van der Waals surface area contributed by atoms with Gasteiger partial charge in [0.25, 0.3) is 0 Å². The highest BCUT2D eigenvalue weighted by atomic mass is 35.6. The first-order valence-electron chi connectivity index (χ1n) is 7.28. The summed E-state index contributed by atoms with van der Waals surface area (Å²) >= 11 is 24.8. The molecule has 8 atom stereocenters. The lowest BCUT2D eigenvalue weighted by molar-refractivity contribution is -0.178. The predicted molar refractivity (Wildman–Crippen MR) is 87.5 cm³/mol. The van der Waals surface area contributed by atoms with E-state index in [4.69, 9.17) is 55.9 Å². The molecule has 23 heavy (non-hydrogen) atoms. The normalized spacial score (nSPS) is 44.3. The number of halogens is 4. The van der Waals surface area contributed by atoms with Crippen LogP contribution in [0.1, 0.15) is 0 Å². The molecule has 2 saturated carbocycles. The number of esters is 2. The fraction of sp³-hybridized carbons (Fsp3) is 0.733. The third-order valence-corrected chi connectivity index (χ3v) is 6.87. The van der Waals surface area contributed by atoms with Gasteiger partial charge in [0, 0.05) is 11.3 Å². The van der Waals surface area contributed by atoms with Gasteiger partial charge < -0.3 is 9.47 Å². The minimum atomic E-state index is -1.51. The first kappa shape index (κ1) is 17.7. The number of carbonyl (C=O) groups excluding carboxylic acids is 2. The Bertz CT molecular complexity index is 558. The Balaban J connectivity index is 2.01. The van der Waals surface area contributed by atoms with Gasteiger partial charge in [0.1, 0.15) is 0 Å². The van der Waals surface area contributed by atoms with Crippen LogP contribution in [-0.4, -0.2) is 35.3 Å². The SMILES string of the molecule is COC(=O)[C@@H]1[C@H]2C=C[C@@H]([C@@H]1C(=O)OC)[C@@H]1[C@@H]2[C@@H](Cl)[C@H]1C(Cl)(Cl)Cl. The van der Waals surface area contributed by atoms with E-state index in [1.807, 2.05) is 12.2 Å². The highest BCUT2D eigenvalue weighted by Gasteiger charge is 2.69. The summed E-state index contributed by atoms with van der Waals surface area (Å²) in [6.07, 6.45) is 3.87. The number of fused-ring (bicyclic) bond motifs is 1. The summed E-state index contributed by atoms with van der Waals surface area (Å²) in [6.45, 7) is 0. The van der Waals surface area contributed by atoms with Crippen LogP contribution in [0.4, 0.5) is 0 Å². The summed E-state index contributed by atoms with van der Waals surface area (Å²) in [5.41, 5.74) is 0. The second kappa shape index (κ2) is 5.98. The van der Waals surface area contributed by atoms with Crippen molar-refractivity contribution in [3.05, 3.63) is 12.2 Å². The monoisotopic (exact) mass is 400 g/mol. The summed E-state index contributed by atoms with van der Waals surface area (Å²) in [4.78, 5) is 24.6. The van der Waals surface area contributed by atoms with Crippen LogP contribution in [0.25, 0.3) is 0 Å². The van der Waals surface area contributed by atoms with E-state index >= 15 is 0 Å². The topological polar surface area (TPSA) is 52.6 Å². The lowest BCUT2D eigenvalue weighted by Crippen LogP contribution is -2.67. The van der Waals surface area contributed by atoms with Crippen molar-refractivity contribution < 1.29 is 19.1 Å². The summed E-state index contributed by atoms with van der Waals surface area (Å²) in [5.74, 6) is -3.04. The van der Waals surface area contributed by atoms with Crippen LogP contribution in [0.15, 0.2) is 12.2 Å². The molecule has 0 aliphatic heterocycles. The Labute approximate surface area is 154 Å². The number of ether oxygens (including phenoxy) is 2. The minimum Gasteiger partial charge on any atom is -0.469 e. The van der Waals surface area contributed by atoms with E-state index in [2.05, 4.69) is 0 Å². The lowest BCUT2D eigenvalue weighted by atomic mass is 9.43. The Kier molecular flexibility index (Phi) is 4.59. The average molecular weight is 402 g/mol. The number of alkyl halides is 4. The van der Waals surface area contributed by atoms with E-state index in [-0.39, 0.29) is 35.0 Å².